The fourth-order valence-electron chi connectivity index (χ4n) is 6.25. The summed E-state index contributed by atoms with van der Waals surface area (Å²) in [6.07, 6.45) is 14.0. The molecule has 0 aromatic heterocycles. The molecular formula is C25H39N3O3. The van der Waals surface area contributed by atoms with E-state index in [4.69, 9.17) is 4.74 Å². The number of ether oxygens (including phenoxy) is 1. The highest BCUT2D eigenvalue weighted by Crippen LogP contribution is 2.48. The Balaban J connectivity index is 1.32. The van der Waals surface area contributed by atoms with Gasteiger partial charge in [0.1, 0.15) is 0 Å². The van der Waals surface area contributed by atoms with Gasteiger partial charge in [-0.15, -0.1) is 0 Å². The minimum atomic E-state index is -0.159. The fourth-order valence-corrected chi connectivity index (χ4v) is 6.25. The number of fused-ring (bicyclic) bond motifs is 2. The summed E-state index contributed by atoms with van der Waals surface area (Å²) in [6, 6.07) is 0. The van der Waals surface area contributed by atoms with Gasteiger partial charge >= 0.3 is 6.09 Å². The van der Waals surface area contributed by atoms with E-state index in [9.17, 15) is 9.59 Å². The molecule has 2 atom stereocenters. The summed E-state index contributed by atoms with van der Waals surface area (Å²) in [5.41, 5.74) is 0.221. The molecule has 0 saturated carbocycles. The molecule has 2 unspecified atom stereocenters. The number of carbonyl (C=O) groups excluding carboxylic acids is 2. The van der Waals surface area contributed by atoms with Crippen LogP contribution in [-0.2, 0) is 9.53 Å². The standard InChI is InChI=1S/C25H39N3O3/c1-3-23(29)28-18-21-7-5-6-8-22(21)25(19-28)11-15-26(16-12-25)17-20-9-13-27(14-10-20)24(30)31-4-2/h5-8,20-22H,3-4,9-19H2,1-2H3. The molecule has 2 amide bonds. The van der Waals surface area contributed by atoms with Crippen molar-refractivity contribution in [3.8, 4) is 0 Å². The highest BCUT2D eigenvalue weighted by molar-refractivity contribution is 5.76. The van der Waals surface area contributed by atoms with Crippen LogP contribution in [0.1, 0.15) is 46.0 Å². The third-order valence-corrected chi connectivity index (χ3v) is 8.06. The predicted molar refractivity (Wildman–Crippen MR) is 122 cm³/mol. The number of allylic oxidation sites excluding steroid dienone is 3. The second-order valence-electron chi connectivity index (χ2n) is 9.88. The lowest BCUT2D eigenvalue weighted by Crippen LogP contribution is -2.58. The molecule has 31 heavy (non-hydrogen) atoms. The summed E-state index contributed by atoms with van der Waals surface area (Å²) in [5, 5.41) is 0. The fraction of sp³-hybridized carbons (Fsp3) is 0.760. The third-order valence-electron chi connectivity index (χ3n) is 8.06. The highest BCUT2D eigenvalue weighted by Gasteiger charge is 2.49. The second kappa shape index (κ2) is 9.76. The number of rotatable bonds is 4. The third kappa shape index (κ3) is 4.84. The number of nitrogens with zero attached hydrogens (tertiary/aromatic N) is 3. The van der Waals surface area contributed by atoms with Crippen LogP contribution >= 0.6 is 0 Å². The van der Waals surface area contributed by atoms with Gasteiger partial charge in [-0.25, -0.2) is 4.79 Å². The van der Waals surface area contributed by atoms with Crippen LogP contribution < -0.4 is 0 Å². The van der Waals surface area contributed by atoms with Crippen molar-refractivity contribution in [2.45, 2.75) is 46.0 Å². The minimum Gasteiger partial charge on any atom is -0.450 e. The van der Waals surface area contributed by atoms with E-state index in [1.54, 1.807) is 0 Å². The molecule has 0 aromatic rings. The van der Waals surface area contributed by atoms with E-state index in [2.05, 4.69) is 34.1 Å². The SMILES string of the molecule is CCOC(=O)N1CCC(CN2CCC3(CC2)CN(C(=O)CC)CC2C=CC=CC23)CC1. The summed E-state index contributed by atoms with van der Waals surface area (Å²) in [7, 11) is 0. The molecule has 1 aliphatic carbocycles. The van der Waals surface area contributed by atoms with E-state index in [0.29, 0.717) is 36.7 Å². The molecule has 3 fully saturated rings. The number of hydrogen-bond acceptors (Lipinski definition) is 4. The molecule has 0 bridgehead atoms. The molecule has 0 N–H and O–H groups in total. The normalized spacial score (nSPS) is 28.6. The van der Waals surface area contributed by atoms with E-state index >= 15 is 0 Å². The quantitative estimate of drug-likeness (QED) is 0.686. The molecule has 172 valence electrons. The smallest absolute Gasteiger partial charge is 0.409 e. The summed E-state index contributed by atoms with van der Waals surface area (Å²) in [6.45, 7) is 11.1. The summed E-state index contributed by atoms with van der Waals surface area (Å²) in [4.78, 5) is 31.1. The Morgan fingerprint density at radius 2 is 1.71 bits per heavy atom. The second-order valence-corrected chi connectivity index (χ2v) is 9.88. The van der Waals surface area contributed by atoms with Gasteiger partial charge in [-0.3, -0.25) is 4.79 Å². The molecule has 1 spiro atoms. The Morgan fingerprint density at radius 3 is 2.39 bits per heavy atom. The van der Waals surface area contributed by atoms with Crippen LogP contribution in [0.25, 0.3) is 0 Å². The summed E-state index contributed by atoms with van der Waals surface area (Å²) in [5.74, 6) is 1.99. The topological polar surface area (TPSA) is 53.1 Å². The molecular weight excluding hydrogens is 390 g/mol. The lowest BCUT2D eigenvalue weighted by Gasteiger charge is -2.55. The number of hydrogen-bond donors (Lipinski definition) is 0. The summed E-state index contributed by atoms with van der Waals surface area (Å²) >= 11 is 0. The Kier molecular flexibility index (Phi) is 7.05. The number of amides is 2. The van der Waals surface area contributed by atoms with Gasteiger partial charge in [0.05, 0.1) is 6.61 Å². The van der Waals surface area contributed by atoms with Crippen molar-refractivity contribution in [1.29, 1.82) is 0 Å². The monoisotopic (exact) mass is 429 g/mol. The maximum Gasteiger partial charge on any atom is 0.409 e. The maximum absolute atomic E-state index is 12.5. The molecule has 4 aliphatic rings. The van der Waals surface area contributed by atoms with Crippen molar-refractivity contribution in [3.63, 3.8) is 0 Å². The van der Waals surface area contributed by atoms with Crippen LogP contribution in [0.2, 0.25) is 0 Å². The van der Waals surface area contributed by atoms with Crippen LogP contribution in [-0.4, -0.2) is 79.1 Å². The van der Waals surface area contributed by atoms with Gasteiger partial charge in [-0.1, -0.05) is 31.2 Å². The van der Waals surface area contributed by atoms with Crippen molar-refractivity contribution in [3.05, 3.63) is 24.3 Å². The first-order valence-electron chi connectivity index (χ1n) is 12.3. The number of likely N-dealkylation sites (tertiary alicyclic amines) is 3. The average Bonchev–Trinajstić information content (AvgIpc) is 2.81. The predicted octanol–water partition coefficient (Wildman–Crippen LogP) is 3.55. The van der Waals surface area contributed by atoms with E-state index in [-0.39, 0.29) is 11.5 Å². The lowest BCUT2D eigenvalue weighted by atomic mass is 9.60. The van der Waals surface area contributed by atoms with Crippen LogP contribution in [0.4, 0.5) is 4.79 Å². The first kappa shape index (κ1) is 22.4. The molecule has 0 radical (unpaired) electrons. The summed E-state index contributed by atoms with van der Waals surface area (Å²) < 4.78 is 5.15. The molecule has 6 heteroatoms. The van der Waals surface area contributed by atoms with Gasteiger partial charge in [0.15, 0.2) is 0 Å². The highest BCUT2D eigenvalue weighted by atomic mass is 16.6. The zero-order valence-corrected chi connectivity index (χ0v) is 19.3. The van der Waals surface area contributed by atoms with E-state index in [0.717, 1.165) is 58.7 Å². The molecule has 4 rings (SSSR count). The van der Waals surface area contributed by atoms with Crippen LogP contribution in [0.3, 0.4) is 0 Å². The van der Waals surface area contributed by atoms with Crippen LogP contribution in [0.5, 0.6) is 0 Å². The van der Waals surface area contributed by atoms with Crippen LogP contribution in [0.15, 0.2) is 24.3 Å². The van der Waals surface area contributed by atoms with Gasteiger partial charge in [-0.2, -0.15) is 0 Å². The lowest BCUT2D eigenvalue weighted by molar-refractivity contribution is -0.138. The maximum atomic E-state index is 12.5. The molecule has 3 saturated heterocycles. The first-order valence-corrected chi connectivity index (χ1v) is 12.3. The number of carbonyl (C=O) groups is 2. The first-order chi connectivity index (χ1) is 15.0. The van der Waals surface area contributed by atoms with Crippen molar-refractivity contribution in [1.82, 2.24) is 14.7 Å². The van der Waals surface area contributed by atoms with Crippen molar-refractivity contribution < 1.29 is 14.3 Å². The molecule has 0 aromatic carbocycles. The van der Waals surface area contributed by atoms with Gasteiger partial charge in [0, 0.05) is 45.1 Å². The van der Waals surface area contributed by atoms with E-state index < -0.39 is 0 Å². The minimum absolute atomic E-state index is 0.159. The van der Waals surface area contributed by atoms with Gasteiger partial charge in [0.25, 0.3) is 0 Å². The molecule has 3 heterocycles. The zero-order chi connectivity index (χ0) is 21.8. The Bertz CT molecular complexity index is 703. The zero-order valence-electron chi connectivity index (χ0n) is 19.3. The van der Waals surface area contributed by atoms with Crippen molar-refractivity contribution in [2.75, 3.05) is 52.4 Å². The van der Waals surface area contributed by atoms with E-state index in [1.807, 2.05) is 18.7 Å². The Morgan fingerprint density at radius 1 is 1.00 bits per heavy atom. The molecule has 3 aliphatic heterocycles. The van der Waals surface area contributed by atoms with Crippen LogP contribution in [0, 0.1) is 23.2 Å². The van der Waals surface area contributed by atoms with Crippen molar-refractivity contribution >= 4 is 12.0 Å². The van der Waals surface area contributed by atoms with Gasteiger partial charge in [-0.05, 0) is 62.9 Å². The largest absolute Gasteiger partial charge is 0.450 e. The average molecular weight is 430 g/mol. The van der Waals surface area contributed by atoms with Gasteiger partial charge < -0.3 is 19.4 Å². The van der Waals surface area contributed by atoms with Gasteiger partial charge in [0.2, 0.25) is 5.91 Å². The van der Waals surface area contributed by atoms with E-state index in [1.165, 1.54) is 12.8 Å². The molecule has 6 nitrogen and oxygen atoms in total. The Labute approximate surface area is 187 Å². The number of piperidine rings is 3. The Hall–Kier alpha value is -1.82. The van der Waals surface area contributed by atoms with Crippen molar-refractivity contribution in [2.24, 2.45) is 23.2 Å².